The van der Waals surface area contributed by atoms with Crippen LogP contribution in [0.1, 0.15) is 12.8 Å². The maximum Gasteiger partial charge on any atom is 0.176 e. The number of nitrogens with two attached hydrogens (primary N) is 5. The number of rotatable bonds is 6. The molecule has 2 aliphatic heterocycles. The lowest BCUT2D eigenvalue weighted by Crippen LogP contribution is -2.68. The third-order valence-corrected chi connectivity index (χ3v) is 7.12. The molecule has 194 valence electrons. The quantitative estimate of drug-likeness (QED) is 0.110. The zero-order chi connectivity index (χ0) is 24.7. The molecule has 2 saturated heterocycles. The number of hydrogen-bond donors (Lipinski definition) is 10. The van der Waals surface area contributed by atoms with Crippen LogP contribution in [0.25, 0.3) is 0 Å². The Kier molecular flexibility index (Phi) is 9.08. The maximum absolute atomic E-state index is 11.0. The van der Waals surface area contributed by atoms with Crippen molar-refractivity contribution >= 4 is 15.9 Å². The van der Waals surface area contributed by atoms with E-state index in [1.165, 1.54) is 0 Å². The fourth-order valence-electron chi connectivity index (χ4n) is 4.47. The second-order valence-corrected chi connectivity index (χ2v) is 9.64. The fourth-order valence-corrected chi connectivity index (χ4v) is 4.97. The lowest BCUT2D eigenvalue weighted by molar-refractivity contribution is -0.314. The fraction of sp³-hybridized carbons (Fsp3) is 1.00. The molecule has 0 aromatic carbocycles. The highest BCUT2D eigenvalue weighted by atomic mass is 79.9. The first-order chi connectivity index (χ1) is 15.4. The second-order valence-electron chi connectivity index (χ2n) is 8.99. The van der Waals surface area contributed by atoms with Gasteiger partial charge in [0.1, 0.15) is 54.6 Å². The molecule has 0 spiro atoms. The lowest BCUT2D eigenvalue weighted by atomic mass is 9.84. The van der Waals surface area contributed by atoms with Crippen LogP contribution in [-0.4, -0.2) is 123 Å². The van der Waals surface area contributed by atoms with E-state index in [9.17, 15) is 25.5 Å². The summed E-state index contributed by atoms with van der Waals surface area (Å²) in [7, 11) is 0. The van der Waals surface area contributed by atoms with Crippen LogP contribution in [-0.2, 0) is 18.9 Å². The molecular weight excluding hydrogens is 510 g/mol. The van der Waals surface area contributed by atoms with Crippen LogP contribution < -0.4 is 28.7 Å². The van der Waals surface area contributed by atoms with E-state index >= 15 is 0 Å². The van der Waals surface area contributed by atoms with Gasteiger partial charge in [0.15, 0.2) is 12.6 Å². The number of hydrogen-bond acceptors (Lipinski definition) is 14. The van der Waals surface area contributed by atoms with Gasteiger partial charge in [-0.15, -0.1) is 0 Å². The zero-order valence-corrected chi connectivity index (χ0v) is 19.6. The Morgan fingerprint density at radius 1 is 0.909 bits per heavy atom. The van der Waals surface area contributed by atoms with Crippen molar-refractivity contribution < 1.29 is 44.5 Å². The molecule has 0 unspecified atom stereocenters. The van der Waals surface area contributed by atoms with E-state index in [1.54, 1.807) is 0 Å². The molecule has 15 heteroatoms. The molecule has 0 aromatic rings. The first-order valence-corrected chi connectivity index (χ1v) is 11.9. The van der Waals surface area contributed by atoms with E-state index in [0.717, 1.165) is 0 Å². The predicted octanol–water partition coefficient (Wildman–Crippen LogP) is -5.57. The van der Waals surface area contributed by atoms with Crippen LogP contribution >= 0.6 is 15.9 Å². The van der Waals surface area contributed by atoms with Crippen LogP contribution in [0, 0.1) is 0 Å². The highest BCUT2D eigenvalue weighted by Gasteiger charge is 2.51. The molecule has 14 atom stereocenters. The largest absolute Gasteiger partial charge is 0.388 e. The molecule has 15 N–H and O–H groups in total. The Labute approximate surface area is 199 Å². The SMILES string of the molecule is NC[C@H]1O[C@H](O[C@H]2[C@H](O)[C@@H](O[C@@H]3C[C@@](N)(O)[C@H](O)[C@@H](CBr)O3)[C@H](N)C[C@@H]2N)[C@H](N)[C@@H](O)[C@@H]1O. The van der Waals surface area contributed by atoms with Crippen molar-refractivity contribution in [1.29, 1.82) is 0 Å². The number of aliphatic hydroxyl groups excluding tert-OH is 4. The van der Waals surface area contributed by atoms with E-state index in [1.807, 2.05) is 0 Å². The molecule has 3 rings (SSSR count). The van der Waals surface area contributed by atoms with Crippen molar-refractivity contribution in [2.75, 3.05) is 11.9 Å². The number of alkyl halides is 1. The standard InChI is InChI=1S/C18H36BrN5O9/c19-3-7-16(28)18(24,29)2-9(30-7)32-14-5(21)1-6(22)15(13(14)27)33-17-10(23)12(26)11(25)8(4-20)31-17/h5-17,25-29H,1-4,20-24H2/t5-,6+,7-,8-,9-,10-,11-,12-,13-,14+,15-,16-,17-,18-/m1/s1. The van der Waals surface area contributed by atoms with Gasteiger partial charge < -0.3 is 73.1 Å². The molecule has 0 amide bonds. The molecule has 0 bridgehead atoms. The summed E-state index contributed by atoms with van der Waals surface area (Å²) in [5.41, 5.74) is 27.7. The molecule has 3 aliphatic rings. The van der Waals surface area contributed by atoms with Crippen LogP contribution in [0.3, 0.4) is 0 Å². The minimum atomic E-state index is -1.98. The molecule has 2 heterocycles. The monoisotopic (exact) mass is 545 g/mol. The average Bonchev–Trinajstić information content (AvgIpc) is 2.75. The third-order valence-electron chi connectivity index (χ3n) is 6.48. The van der Waals surface area contributed by atoms with Gasteiger partial charge in [-0.3, -0.25) is 0 Å². The van der Waals surface area contributed by atoms with Crippen molar-refractivity contribution in [2.45, 2.75) is 98.1 Å². The van der Waals surface area contributed by atoms with Crippen molar-refractivity contribution in [1.82, 2.24) is 0 Å². The van der Waals surface area contributed by atoms with Gasteiger partial charge in [0, 0.05) is 30.4 Å². The summed E-state index contributed by atoms with van der Waals surface area (Å²) in [5.74, 6) is 0. The molecule has 3 fully saturated rings. The van der Waals surface area contributed by atoms with Crippen LogP contribution in [0.15, 0.2) is 0 Å². The van der Waals surface area contributed by atoms with Crippen LogP contribution in [0.2, 0.25) is 0 Å². The van der Waals surface area contributed by atoms with Gasteiger partial charge in [-0.05, 0) is 6.42 Å². The predicted molar refractivity (Wildman–Crippen MR) is 116 cm³/mol. The van der Waals surface area contributed by atoms with Gasteiger partial charge in [0.25, 0.3) is 0 Å². The van der Waals surface area contributed by atoms with E-state index < -0.39 is 85.3 Å². The first-order valence-electron chi connectivity index (χ1n) is 10.8. The summed E-state index contributed by atoms with van der Waals surface area (Å²) >= 11 is 3.19. The third kappa shape index (κ3) is 5.68. The average molecular weight is 546 g/mol. The normalized spacial score (nSPS) is 53.7. The zero-order valence-electron chi connectivity index (χ0n) is 18.0. The number of halogens is 1. The Morgan fingerprint density at radius 3 is 2.09 bits per heavy atom. The summed E-state index contributed by atoms with van der Waals surface area (Å²) in [6, 6.07) is -2.59. The lowest BCUT2D eigenvalue weighted by Gasteiger charge is -2.48. The van der Waals surface area contributed by atoms with E-state index in [2.05, 4.69) is 15.9 Å². The molecule has 14 nitrogen and oxygen atoms in total. The Hall–Kier alpha value is -0.0800. The number of aliphatic hydroxyl groups is 5. The highest BCUT2D eigenvalue weighted by Crippen LogP contribution is 2.32. The van der Waals surface area contributed by atoms with Gasteiger partial charge in [-0.1, -0.05) is 15.9 Å². The summed E-state index contributed by atoms with van der Waals surface area (Å²) in [6.07, 6.45) is -11.7. The van der Waals surface area contributed by atoms with E-state index in [0.29, 0.717) is 0 Å². The second kappa shape index (κ2) is 10.9. The van der Waals surface area contributed by atoms with Crippen molar-refractivity contribution in [2.24, 2.45) is 28.7 Å². The van der Waals surface area contributed by atoms with Crippen LogP contribution in [0.5, 0.6) is 0 Å². The van der Waals surface area contributed by atoms with E-state index in [4.69, 9.17) is 47.6 Å². The summed E-state index contributed by atoms with van der Waals surface area (Å²) in [6.45, 7) is -0.0949. The summed E-state index contributed by atoms with van der Waals surface area (Å²) < 4.78 is 22.9. The van der Waals surface area contributed by atoms with Crippen molar-refractivity contribution in [3.05, 3.63) is 0 Å². The minimum Gasteiger partial charge on any atom is -0.388 e. The molecule has 0 aromatic heterocycles. The maximum atomic E-state index is 11.0. The van der Waals surface area contributed by atoms with Crippen molar-refractivity contribution in [3.8, 4) is 0 Å². The number of ether oxygens (including phenoxy) is 4. The van der Waals surface area contributed by atoms with E-state index in [-0.39, 0.29) is 24.7 Å². The van der Waals surface area contributed by atoms with Gasteiger partial charge in [0.05, 0.1) is 6.04 Å². The Bertz CT molecular complexity index is 652. The Balaban J connectivity index is 1.71. The Morgan fingerprint density at radius 2 is 1.52 bits per heavy atom. The molecule has 33 heavy (non-hydrogen) atoms. The minimum absolute atomic E-state index is 0.0949. The smallest absolute Gasteiger partial charge is 0.176 e. The molecule has 1 saturated carbocycles. The molecule has 1 aliphatic carbocycles. The molecular formula is C18H36BrN5O9. The highest BCUT2D eigenvalue weighted by molar-refractivity contribution is 9.09. The van der Waals surface area contributed by atoms with Gasteiger partial charge in [-0.2, -0.15) is 0 Å². The first kappa shape index (κ1) is 27.5. The summed E-state index contributed by atoms with van der Waals surface area (Å²) in [4.78, 5) is 0. The van der Waals surface area contributed by atoms with Gasteiger partial charge in [0.2, 0.25) is 0 Å². The summed E-state index contributed by atoms with van der Waals surface area (Å²) in [5, 5.41) is 51.9. The van der Waals surface area contributed by atoms with Gasteiger partial charge >= 0.3 is 0 Å². The topological polar surface area (TPSA) is 268 Å². The van der Waals surface area contributed by atoms with Crippen molar-refractivity contribution in [3.63, 3.8) is 0 Å². The van der Waals surface area contributed by atoms with Crippen LogP contribution in [0.4, 0.5) is 0 Å². The molecule has 0 radical (unpaired) electrons. The van der Waals surface area contributed by atoms with Gasteiger partial charge in [-0.25, -0.2) is 0 Å².